The summed E-state index contributed by atoms with van der Waals surface area (Å²) >= 11 is 1.97. The molecule has 1 nitrogen and oxygen atoms in total. The monoisotopic (exact) mass is 223 g/mol. The first-order chi connectivity index (χ1) is 7.08. The number of hydrogen-bond donors (Lipinski definition) is 1. The fourth-order valence-corrected chi connectivity index (χ4v) is 3.50. The average Bonchev–Trinajstić information content (AvgIpc) is 2.67. The van der Waals surface area contributed by atoms with E-state index in [0.29, 0.717) is 11.5 Å². The molecule has 0 saturated heterocycles. The summed E-state index contributed by atoms with van der Waals surface area (Å²) < 4.78 is 0. The van der Waals surface area contributed by atoms with Crippen LogP contribution < -0.4 is 5.32 Å². The molecule has 1 heterocycles. The van der Waals surface area contributed by atoms with E-state index in [-0.39, 0.29) is 0 Å². The molecule has 2 heteroatoms. The Kier molecular flexibility index (Phi) is 2.91. The van der Waals surface area contributed by atoms with Gasteiger partial charge in [-0.1, -0.05) is 20.8 Å². The molecule has 0 spiro atoms. The van der Waals surface area contributed by atoms with Crippen LogP contribution in [0.2, 0.25) is 0 Å². The van der Waals surface area contributed by atoms with Crippen molar-refractivity contribution in [2.45, 2.75) is 39.7 Å². The number of hydrogen-bond acceptors (Lipinski definition) is 2. The highest BCUT2D eigenvalue weighted by Crippen LogP contribution is 2.58. The van der Waals surface area contributed by atoms with Crippen LogP contribution >= 0.6 is 11.3 Å². The minimum atomic E-state index is 0.546. The summed E-state index contributed by atoms with van der Waals surface area (Å²) in [5.41, 5.74) is 0.546. The molecular formula is C13H21NS. The second kappa shape index (κ2) is 3.91. The molecule has 1 saturated carbocycles. The SMILES string of the molecule is CCc1ccc(C(NC)C2CC2(C)C)s1. The van der Waals surface area contributed by atoms with Gasteiger partial charge in [0.25, 0.3) is 0 Å². The van der Waals surface area contributed by atoms with Crippen molar-refractivity contribution in [2.24, 2.45) is 11.3 Å². The molecule has 0 radical (unpaired) electrons. The number of rotatable bonds is 4. The maximum absolute atomic E-state index is 3.48. The van der Waals surface area contributed by atoms with Crippen molar-refractivity contribution in [3.05, 3.63) is 21.9 Å². The minimum Gasteiger partial charge on any atom is -0.312 e. The Bertz CT molecular complexity index is 340. The Morgan fingerprint density at radius 2 is 2.20 bits per heavy atom. The fraction of sp³-hybridized carbons (Fsp3) is 0.692. The smallest absolute Gasteiger partial charge is 0.0446 e. The van der Waals surface area contributed by atoms with Crippen LogP contribution in [0, 0.1) is 11.3 Å². The van der Waals surface area contributed by atoms with Gasteiger partial charge in [0.1, 0.15) is 0 Å². The van der Waals surface area contributed by atoms with Crippen molar-refractivity contribution in [2.75, 3.05) is 7.05 Å². The summed E-state index contributed by atoms with van der Waals surface area (Å²) in [6.45, 7) is 6.97. The minimum absolute atomic E-state index is 0.546. The van der Waals surface area contributed by atoms with Crippen molar-refractivity contribution in [3.63, 3.8) is 0 Å². The molecule has 0 amide bonds. The lowest BCUT2D eigenvalue weighted by molar-refractivity contribution is 0.446. The van der Waals surface area contributed by atoms with Gasteiger partial charge < -0.3 is 5.32 Å². The van der Waals surface area contributed by atoms with E-state index in [1.807, 2.05) is 11.3 Å². The number of thiophene rings is 1. The van der Waals surface area contributed by atoms with Gasteiger partial charge in [0.2, 0.25) is 0 Å². The second-order valence-electron chi connectivity index (χ2n) is 5.22. The molecule has 0 aromatic carbocycles. The first-order valence-electron chi connectivity index (χ1n) is 5.84. The summed E-state index contributed by atoms with van der Waals surface area (Å²) in [5.74, 6) is 0.825. The molecule has 1 aliphatic rings. The van der Waals surface area contributed by atoms with E-state index >= 15 is 0 Å². The Morgan fingerprint density at radius 3 is 2.60 bits per heavy atom. The van der Waals surface area contributed by atoms with Crippen LogP contribution in [0.3, 0.4) is 0 Å². The lowest BCUT2D eigenvalue weighted by atomic mass is 10.0. The first-order valence-corrected chi connectivity index (χ1v) is 6.66. The standard InChI is InChI=1S/C13H21NS/c1-5-9-6-7-11(15-9)12(14-4)10-8-13(10,2)3/h6-7,10,12,14H,5,8H2,1-4H3. The molecule has 2 unspecified atom stereocenters. The summed E-state index contributed by atoms with van der Waals surface area (Å²) in [6.07, 6.45) is 2.52. The van der Waals surface area contributed by atoms with E-state index in [1.165, 1.54) is 16.2 Å². The van der Waals surface area contributed by atoms with Crippen molar-refractivity contribution in [1.82, 2.24) is 5.32 Å². The Hall–Kier alpha value is -0.340. The second-order valence-corrected chi connectivity index (χ2v) is 6.42. The Labute approximate surface area is 96.9 Å². The average molecular weight is 223 g/mol. The van der Waals surface area contributed by atoms with Gasteiger partial charge in [-0.05, 0) is 43.4 Å². The van der Waals surface area contributed by atoms with Crippen LogP contribution in [0.25, 0.3) is 0 Å². The van der Waals surface area contributed by atoms with Gasteiger partial charge >= 0.3 is 0 Å². The number of nitrogens with one attached hydrogen (secondary N) is 1. The molecule has 0 bridgehead atoms. The van der Waals surface area contributed by atoms with Gasteiger partial charge in [-0.3, -0.25) is 0 Å². The molecule has 1 aromatic rings. The summed E-state index contributed by atoms with van der Waals surface area (Å²) in [4.78, 5) is 3.02. The quantitative estimate of drug-likeness (QED) is 0.822. The zero-order valence-corrected chi connectivity index (χ0v) is 10.9. The summed E-state index contributed by atoms with van der Waals surface area (Å²) in [6, 6.07) is 5.16. The van der Waals surface area contributed by atoms with Gasteiger partial charge in [0.05, 0.1) is 0 Å². The van der Waals surface area contributed by atoms with E-state index in [2.05, 4.69) is 45.3 Å². The maximum Gasteiger partial charge on any atom is 0.0446 e. The molecule has 1 N–H and O–H groups in total. The van der Waals surface area contributed by atoms with Crippen LogP contribution in [-0.2, 0) is 6.42 Å². The molecular weight excluding hydrogens is 202 g/mol. The molecule has 2 atom stereocenters. The Balaban J connectivity index is 2.13. The zero-order valence-electron chi connectivity index (χ0n) is 10.1. The van der Waals surface area contributed by atoms with E-state index in [0.717, 1.165) is 12.3 Å². The van der Waals surface area contributed by atoms with Crippen LogP contribution in [0.5, 0.6) is 0 Å². The zero-order chi connectivity index (χ0) is 11.1. The van der Waals surface area contributed by atoms with E-state index < -0.39 is 0 Å². The fourth-order valence-electron chi connectivity index (χ4n) is 2.37. The van der Waals surface area contributed by atoms with Gasteiger partial charge in [-0.2, -0.15) is 0 Å². The lowest BCUT2D eigenvalue weighted by Gasteiger charge is -2.16. The molecule has 15 heavy (non-hydrogen) atoms. The van der Waals surface area contributed by atoms with Crippen LogP contribution in [0.1, 0.15) is 43.0 Å². The Morgan fingerprint density at radius 1 is 1.53 bits per heavy atom. The van der Waals surface area contributed by atoms with Crippen LogP contribution in [0.15, 0.2) is 12.1 Å². The maximum atomic E-state index is 3.48. The van der Waals surface area contributed by atoms with E-state index in [4.69, 9.17) is 0 Å². The van der Waals surface area contributed by atoms with Gasteiger partial charge in [0.15, 0.2) is 0 Å². The third-order valence-electron chi connectivity index (χ3n) is 3.64. The molecule has 1 fully saturated rings. The van der Waals surface area contributed by atoms with Crippen molar-refractivity contribution >= 4 is 11.3 Å². The van der Waals surface area contributed by atoms with Gasteiger partial charge in [-0.15, -0.1) is 11.3 Å². The van der Waals surface area contributed by atoms with Crippen LogP contribution in [-0.4, -0.2) is 7.05 Å². The van der Waals surface area contributed by atoms with Crippen LogP contribution in [0.4, 0.5) is 0 Å². The lowest BCUT2D eigenvalue weighted by Crippen LogP contribution is -2.19. The molecule has 0 aliphatic heterocycles. The number of aryl methyl sites for hydroxylation is 1. The molecule has 1 aromatic heterocycles. The van der Waals surface area contributed by atoms with Crippen molar-refractivity contribution in [3.8, 4) is 0 Å². The molecule has 2 rings (SSSR count). The van der Waals surface area contributed by atoms with Crippen molar-refractivity contribution in [1.29, 1.82) is 0 Å². The third kappa shape index (κ3) is 2.11. The highest BCUT2D eigenvalue weighted by atomic mass is 32.1. The predicted molar refractivity (Wildman–Crippen MR) is 67.4 cm³/mol. The van der Waals surface area contributed by atoms with E-state index in [1.54, 1.807) is 0 Å². The highest BCUT2D eigenvalue weighted by molar-refractivity contribution is 7.12. The largest absolute Gasteiger partial charge is 0.312 e. The first kappa shape index (κ1) is 11.2. The van der Waals surface area contributed by atoms with E-state index in [9.17, 15) is 0 Å². The topological polar surface area (TPSA) is 12.0 Å². The normalized spacial score (nSPS) is 25.2. The third-order valence-corrected chi connectivity index (χ3v) is 4.95. The van der Waals surface area contributed by atoms with Gasteiger partial charge in [-0.25, -0.2) is 0 Å². The summed E-state index contributed by atoms with van der Waals surface area (Å²) in [5, 5.41) is 3.48. The van der Waals surface area contributed by atoms with Gasteiger partial charge in [0, 0.05) is 15.8 Å². The predicted octanol–water partition coefficient (Wildman–Crippen LogP) is 3.62. The molecule has 84 valence electrons. The molecule has 1 aliphatic carbocycles. The highest BCUT2D eigenvalue weighted by Gasteiger charge is 2.50. The summed E-state index contributed by atoms with van der Waals surface area (Å²) in [7, 11) is 2.09. The van der Waals surface area contributed by atoms with Crippen molar-refractivity contribution < 1.29 is 0 Å².